The molecule has 0 radical (unpaired) electrons. The summed E-state index contributed by atoms with van der Waals surface area (Å²) >= 11 is 3.33. The van der Waals surface area contributed by atoms with Gasteiger partial charge in [-0.15, -0.1) is 0 Å². The smallest absolute Gasteiger partial charge is 0.255 e. The Hall–Kier alpha value is -2.67. The molecule has 1 heterocycles. The predicted octanol–water partition coefficient (Wildman–Crippen LogP) is 4.03. The van der Waals surface area contributed by atoms with Gasteiger partial charge in [0.2, 0.25) is 0 Å². The Morgan fingerprint density at radius 3 is 2.83 bits per heavy atom. The number of amides is 1. The van der Waals surface area contributed by atoms with Crippen molar-refractivity contribution in [2.24, 2.45) is 0 Å². The molecule has 2 aromatic carbocycles. The van der Waals surface area contributed by atoms with E-state index in [1.807, 2.05) is 6.07 Å². The first kappa shape index (κ1) is 16.2. The van der Waals surface area contributed by atoms with Gasteiger partial charge in [0.05, 0.1) is 29.2 Å². The summed E-state index contributed by atoms with van der Waals surface area (Å²) in [5, 5.41) is 6.72. The van der Waals surface area contributed by atoms with E-state index >= 15 is 0 Å². The van der Waals surface area contributed by atoms with E-state index in [4.69, 9.17) is 4.74 Å². The van der Waals surface area contributed by atoms with E-state index in [-0.39, 0.29) is 5.69 Å². The number of nitrogens with zero attached hydrogens (tertiary/aromatic N) is 2. The molecule has 1 aromatic heterocycles. The molecule has 7 heteroatoms. The fourth-order valence-electron chi connectivity index (χ4n) is 2.15. The molecular formula is C17H13BrFN3O2. The Kier molecular flexibility index (Phi) is 4.61. The van der Waals surface area contributed by atoms with Gasteiger partial charge in [-0.25, -0.2) is 9.07 Å². The summed E-state index contributed by atoms with van der Waals surface area (Å²) in [6, 6.07) is 11.0. The third-order valence-electron chi connectivity index (χ3n) is 3.35. The molecule has 122 valence electrons. The highest BCUT2D eigenvalue weighted by molar-refractivity contribution is 9.10. The van der Waals surface area contributed by atoms with E-state index in [0.717, 1.165) is 10.2 Å². The fourth-order valence-corrected chi connectivity index (χ4v) is 2.44. The number of nitrogens with one attached hydrogen (secondary N) is 1. The highest BCUT2D eigenvalue weighted by Crippen LogP contribution is 2.22. The lowest BCUT2D eigenvalue weighted by atomic mass is 10.2. The lowest BCUT2D eigenvalue weighted by Gasteiger charge is -2.09. The van der Waals surface area contributed by atoms with E-state index in [1.165, 1.54) is 25.3 Å². The van der Waals surface area contributed by atoms with Crippen LogP contribution in [0.4, 0.5) is 10.1 Å². The van der Waals surface area contributed by atoms with Crippen molar-refractivity contribution in [2.75, 3.05) is 12.4 Å². The molecule has 0 atom stereocenters. The number of aromatic nitrogens is 2. The molecule has 0 saturated carbocycles. The zero-order valence-electron chi connectivity index (χ0n) is 12.7. The Balaban J connectivity index is 1.85. The minimum absolute atomic E-state index is 0.0617. The summed E-state index contributed by atoms with van der Waals surface area (Å²) in [7, 11) is 1.48. The van der Waals surface area contributed by atoms with Crippen LogP contribution in [0.25, 0.3) is 5.69 Å². The molecule has 24 heavy (non-hydrogen) atoms. The number of methoxy groups -OCH3 is 1. The van der Waals surface area contributed by atoms with Crippen molar-refractivity contribution in [3.05, 3.63) is 70.7 Å². The van der Waals surface area contributed by atoms with Crippen LogP contribution >= 0.6 is 15.9 Å². The zero-order valence-corrected chi connectivity index (χ0v) is 14.2. The second-order valence-electron chi connectivity index (χ2n) is 4.95. The number of halogens is 2. The Bertz CT molecular complexity index is 895. The van der Waals surface area contributed by atoms with Gasteiger partial charge in [0, 0.05) is 17.8 Å². The molecule has 0 spiro atoms. The number of ether oxygens (including phenoxy) is 1. The quantitative estimate of drug-likeness (QED) is 0.732. The predicted molar refractivity (Wildman–Crippen MR) is 92.2 cm³/mol. The third kappa shape index (κ3) is 3.46. The number of hydrogen-bond donors (Lipinski definition) is 1. The van der Waals surface area contributed by atoms with Crippen LogP contribution in [0.5, 0.6) is 5.75 Å². The molecule has 1 N–H and O–H groups in total. The minimum atomic E-state index is -0.531. The first-order valence-electron chi connectivity index (χ1n) is 7.02. The molecule has 0 aliphatic carbocycles. The van der Waals surface area contributed by atoms with Crippen molar-refractivity contribution in [2.45, 2.75) is 0 Å². The summed E-state index contributed by atoms with van der Waals surface area (Å²) in [6.07, 6.45) is 3.43. The molecule has 1 amide bonds. The van der Waals surface area contributed by atoms with Gasteiger partial charge in [-0.05, 0) is 46.3 Å². The SMILES string of the molecule is COc1ccc(F)c(NC(=O)c2cccc(-n3cc(Br)cn3)c2)c1. The van der Waals surface area contributed by atoms with Crippen LogP contribution in [-0.2, 0) is 0 Å². The third-order valence-corrected chi connectivity index (χ3v) is 3.76. The van der Waals surface area contributed by atoms with E-state index in [0.29, 0.717) is 11.3 Å². The average Bonchev–Trinajstić information content (AvgIpc) is 3.03. The maximum atomic E-state index is 13.8. The molecule has 0 fully saturated rings. The van der Waals surface area contributed by atoms with Crippen LogP contribution in [0.2, 0.25) is 0 Å². The van der Waals surface area contributed by atoms with Crippen LogP contribution in [-0.4, -0.2) is 22.8 Å². The topological polar surface area (TPSA) is 56.1 Å². The van der Waals surface area contributed by atoms with E-state index in [9.17, 15) is 9.18 Å². The van der Waals surface area contributed by atoms with Gasteiger partial charge in [0.25, 0.3) is 5.91 Å². The van der Waals surface area contributed by atoms with Crippen molar-refractivity contribution >= 4 is 27.5 Å². The van der Waals surface area contributed by atoms with Crippen LogP contribution < -0.4 is 10.1 Å². The largest absolute Gasteiger partial charge is 0.497 e. The number of carbonyl (C=O) groups is 1. The lowest BCUT2D eigenvalue weighted by molar-refractivity contribution is 0.102. The van der Waals surface area contributed by atoms with Gasteiger partial charge in [0.15, 0.2) is 0 Å². The van der Waals surface area contributed by atoms with Crippen LogP contribution in [0.15, 0.2) is 59.3 Å². The summed E-state index contributed by atoms with van der Waals surface area (Å²) in [5.41, 5.74) is 1.17. The molecule has 5 nitrogen and oxygen atoms in total. The normalized spacial score (nSPS) is 10.5. The van der Waals surface area contributed by atoms with Gasteiger partial charge < -0.3 is 10.1 Å². The standard InChI is InChI=1S/C17H13BrFN3O2/c1-24-14-5-6-15(19)16(8-14)21-17(23)11-3-2-4-13(7-11)22-10-12(18)9-20-22/h2-10H,1H3,(H,21,23). The Labute approximate surface area is 146 Å². The molecule has 0 saturated heterocycles. The van der Waals surface area contributed by atoms with Gasteiger partial charge in [0.1, 0.15) is 11.6 Å². The number of benzene rings is 2. The summed E-state index contributed by atoms with van der Waals surface area (Å²) in [5.74, 6) is -0.492. The highest BCUT2D eigenvalue weighted by Gasteiger charge is 2.11. The number of hydrogen-bond acceptors (Lipinski definition) is 3. The lowest BCUT2D eigenvalue weighted by Crippen LogP contribution is -2.13. The maximum Gasteiger partial charge on any atom is 0.255 e. The van der Waals surface area contributed by atoms with Gasteiger partial charge in [-0.2, -0.15) is 5.10 Å². The second-order valence-corrected chi connectivity index (χ2v) is 5.87. The molecular weight excluding hydrogens is 377 g/mol. The van der Waals surface area contributed by atoms with Crippen molar-refractivity contribution in [3.63, 3.8) is 0 Å². The van der Waals surface area contributed by atoms with Crippen LogP contribution in [0.1, 0.15) is 10.4 Å². The first-order chi connectivity index (χ1) is 11.6. The van der Waals surface area contributed by atoms with E-state index in [1.54, 1.807) is 35.3 Å². The van der Waals surface area contributed by atoms with Crippen molar-refractivity contribution in [1.82, 2.24) is 9.78 Å². The number of rotatable bonds is 4. The average molecular weight is 390 g/mol. The van der Waals surface area contributed by atoms with E-state index in [2.05, 4.69) is 26.3 Å². The fraction of sp³-hybridized carbons (Fsp3) is 0.0588. The summed E-state index contributed by atoms with van der Waals surface area (Å²) in [6.45, 7) is 0. The second kappa shape index (κ2) is 6.84. The summed E-state index contributed by atoms with van der Waals surface area (Å²) < 4.78 is 21.3. The highest BCUT2D eigenvalue weighted by atomic mass is 79.9. The Morgan fingerprint density at radius 1 is 1.29 bits per heavy atom. The molecule has 0 unspecified atom stereocenters. The van der Waals surface area contributed by atoms with Crippen molar-refractivity contribution in [1.29, 1.82) is 0 Å². The molecule has 0 bridgehead atoms. The Morgan fingerprint density at radius 2 is 2.12 bits per heavy atom. The number of anilines is 1. The van der Waals surface area contributed by atoms with Crippen LogP contribution in [0.3, 0.4) is 0 Å². The van der Waals surface area contributed by atoms with Gasteiger partial charge in [-0.3, -0.25) is 4.79 Å². The molecule has 3 aromatic rings. The monoisotopic (exact) mass is 389 g/mol. The van der Waals surface area contributed by atoms with Gasteiger partial charge >= 0.3 is 0 Å². The molecule has 0 aliphatic heterocycles. The zero-order chi connectivity index (χ0) is 17.1. The van der Waals surface area contributed by atoms with Gasteiger partial charge in [-0.1, -0.05) is 6.07 Å². The summed E-state index contributed by atoms with van der Waals surface area (Å²) in [4.78, 5) is 12.4. The maximum absolute atomic E-state index is 13.8. The van der Waals surface area contributed by atoms with Crippen LogP contribution in [0, 0.1) is 5.82 Å². The first-order valence-corrected chi connectivity index (χ1v) is 7.81. The molecule has 0 aliphatic rings. The van der Waals surface area contributed by atoms with Crippen molar-refractivity contribution < 1.29 is 13.9 Å². The van der Waals surface area contributed by atoms with Crippen molar-refractivity contribution in [3.8, 4) is 11.4 Å². The number of carbonyl (C=O) groups excluding carboxylic acids is 1. The van der Waals surface area contributed by atoms with E-state index < -0.39 is 11.7 Å². The molecule has 3 rings (SSSR count). The minimum Gasteiger partial charge on any atom is -0.497 e.